The summed E-state index contributed by atoms with van der Waals surface area (Å²) in [6.45, 7) is 2.78. The van der Waals surface area contributed by atoms with E-state index in [1.54, 1.807) is 7.11 Å². The van der Waals surface area contributed by atoms with E-state index in [1.165, 1.54) is 12.4 Å². The van der Waals surface area contributed by atoms with Crippen LogP contribution in [0.3, 0.4) is 0 Å². The molecule has 146 valence electrons. The van der Waals surface area contributed by atoms with Gasteiger partial charge < -0.3 is 14.0 Å². The molecule has 29 heavy (non-hydrogen) atoms. The van der Waals surface area contributed by atoms with Gasteiger partial charge in [-0.2, -0.15) is 5.26 Å². The maximum atomic E-state index is 11.6. The molecule has 2 N–H and O–H groups in total. The lowest BCUT2D eigenvalue weighted by molar-refractivity contribution is -0.485. The molecular formula is C23H22N3O3+. The van der Waals surface area contributed by atoms with Crippen LogP contribution >= 0.6 is 0 Å². The number of primary amides is 1. The third-order valence-electron chi connectivity index (χ3n) is 4.55. The van der Waals surface area contributed by atoms with Gasteiger partial charge in [0.25, 0.3) is 0 Å². The standard InChI is InChI=1S/C23H21N3O3/c1-4-26-21-12-10-18(29-3)13-19(21)20(14-24)22(26)11-7-16-5-8-17(9-6-16)25-23(27)15-28-2/h5-6,8-10,12-13H,4,15H2,1-3H3,(H,25,27)/p+1. The Balaban J connectivity index is 1.96. The summed E-state index contributed by atoms with van der Waals surface area (Å²) in [5.74, 6) is 6.90. The maximum absolute atomic E-state index is 11.6. The molecule has 0 atom stereocenters. The first kappa shape index (κ1) is 20.2. The Morgan fingerprint density at radius 1 is 1.14 bits per heavy atom. The van der Waals surface area contributed by atoms with Gasteiger partial charge in [-0.1, -0.05) is 5.92 Å². The van der Waals surface area contributed by atoms with Gasteiger partial charge in [-0.05, 0) is 43.2 Å². The molecule has 0 aliphatic heterocycles. The molecule has 0 aliphatic rings. The number of quaternary nitrogens is 1. The fourth-order valence-electron chi connectivity index (χ4n) is 3.20. The second-order valence-corrected chi connectivity index (χ2v) is 6.38. The first-order valence-corrected chi connectivity index (χ1v) is 9.20. The SMILES string of the molecule is CCn1c(C#Cc2ccc([NH2+]C(=O)COC)cc2)c(C#N)c2cc(OC)ccc21. The fraction of sp³-hybridized carbons (Fsp3) is 0.217. The van der Waals surface area contributed by atoms with Crippen molar-refractivity contribution in [2.75, 3.05) is 20.8 Å². The topological polar surface area (TPSA) is 80.9 Å². The van der Waals surface area contributed by atoms with Gasteiger partial charge >= 0.3 is 5.91 Å². The van der Waals surface area contributed by atoms with Crippen LogP contribution in [0.5, 0.6) is 5.75 Å². The van der Waals surface area contributed by atoms with Gasteiger partial charge in [-0.15, -0.1) is 0 Å². The largest absolute Gasteiger partial charge is 0.497 e. The van der Waals surface area contributed by atoms with Gasteiger partial charge in [0.15, 0.2) is 6.61 Å². The Labute approximate surface area is 169 Å². The number of nitrogens with zero attached hydrogens (tertiary/aromatic N) is 2. The van der Waals surface area contributed by atoms with Crippen molar-refractivity contribution in [2.45, 2.75) is 13.5 Å². The number of fused-ring (bicyclic) bond motifs is 1. The molecule has 1 amide bonds. The third kappa shape index (κ3) is 4.30. The van der Waals surface area contributed by atoms with E-state index in [0.717, 1.165) is 22.2 Å². The minimum Gasteiger partial charge on any atom is -0.497 e. The number of hydrogen-bond acceptors (Lipinski definition) is 4. The minimum atomic E-state index is -0.0899. The molecule has 0 spiro atoms. The average Bonchev–Trinajstić information content (AvgIpc) is 3.04. The molecule has 3 rings (SSSR count). The summed E-state index contributed by atoms with van der Waals surface area (Å²) in [5.41, 5.74) is 3.78. The zero-order valence-corrected chi connectivity index (χ0v) is 16.7. The van der Waals surface area contributed by atoms with Gasteiger partial charge in [-0.25, -0.2) is 10.1 Å². The highest BCUT2D eigenvalue weighted by Crippen LogP contribution is 2.29. The molecule has 2 aromatic carbocycles. The number of carbonyl (C=O) groups is 1. The van der Waals surface area contributed by atoms with Crippen LogP contribution in [-0.4, -0.2) is 31.3 Å². The van der Waals surface area contributed by atoms with Gasteiger partial charge in [-0.3, -0.25) is 0 Å². The zero-order valence-electron chi connectivity index (χ0n) is 16.7. The van der Waals surface area contributed by atoms with Crippen molar-refractivity contribution >= 4 is 22.5 Å². The van der Waals surface area contributed by atoms with Crippen molar-refractivity contribution < 1.29 is 19.6 Å². The van der Waals surface area contributed by atoms with E-state index in [9.17, 15) is 10.1 Å². The predicted molar refractivity (Wildman–Crippen MR) is 110 cm³/mol. The van der Waals surface area contributed by atoms with Gasteiger partial charge in [0.1, 0.15) is 23.2 Å². The number of ether oxygens (including phenoxy) is 2. The summed E-state index contributed by atoms with van der Waals surface area (Å²) in [4.78, 5) is 11.6. The number of aryl methyl sites for hydroxylation is 1. The van der Waals surface area contributed by atoms with E-state index in [-0.39, 0.29) is 12.5 Å². The Hall–Kier alpha value is -3.58. The van der Waals surface area contributed by atoms with E-state index in [4.69, 9.17) is 9.47 Å². The van der Waals surface area contributed by atoms with Crippen LogP contribution in [0, 0.1) is 23.2 Å². The van der Waals surface area contributed by atoms with E-state index < -0.39 is 0 Å². The lowest BCUT2D eigenvalue weighted by atomic mass is 10.1. The number of nitriles is 1. The number of aromatic nitrogens is 1. The highest BCUT2D eigenvalue weighted by atomic mass is 16.5. The zero-order chi connectivity index (χ0) is 20.8. The number of carbonyl (C=O) groups excluding carboxylic acids is 1. The second-order valence-electron chi connectivity index (χ2n) is 6.38. The summed E-state index contributed by atoms with van der Waals surface area (Å²) in [6.07, 6.45) is 0. The summed E-state index contributed by atoms with van der Waals surface area (Å²) in [6, 6.07) is 15.4. The summed E-state index contributed by atoms with van der Waals surface area (Å²) >= 11 is 0. The van der Waals surface area contributed by atoms with Crippen molar-refractivity contribution in [2.24, 2.45) is 0 Å². The maximum Gasteiger partial charge on any atom is 0.341 e. The highest BCUT2D eigenvalue weighted by Gasteiger charge is 2.15. The van der Waals surface area contributed by atoms with E-state index in [0.29, 0.717) is 23.6 Å². The van der Waals surface area contributed by atoms with E-state index >= 15 is 0 Å². The fourth-order valence-corrected chi connectivity index (χ4v) is 3.20. The molecule has 6 nitrogen and oxygen atoms in total. The van der Waals surface area contributed by atoms with Crippen LogP contribution in [0.1, 0.15) is 23.7 Å². The quantitative estimate of drug-likeness (QED) is 0.537. The van der Waals surface area contributed by atoms with Crippen LogP contribution in [-0.2, 0) is 16.1 Å². The van der Waals surface area contributed by atoms with Crippen molar-refractivity contribution in [1.29, 1.82) is 5.26 Å². The molecule has 1 aromatic heterocycles. The molecule has 0 unspecified atom stereocenters. The van der Waals surface area contributed by atoms with Crippen molar-refractivity contribution in [1.82, 2.24) is 4.57 Å². The summed E-state index contributed by atoms with van der Waals surface area (Å²) < 4.78 is 12.2. The molecule has 6 heteroatoms. The normalized spacial score (nSPS) is 10.3. The first-order valence-electron chi connectivity index (χ1n) is 9.20. The van der Waals surface area contributed by atoms with Crippen LogP contribution in [0.4, 0.5) is 5.69 Å². The number of methoxy groups -OCH3 is 2. The lowest BCUT2D eigenvalue weighted by Gasteiger charge is -2.03. The first-order chi connectivity index (χ1) is 14.1. The Morgan fingerprint density at radius 2 is 1.90 bits per heavy atom. The van der Waals surface area contributed by atoms with Crippen molar-refractivity contribution in [3.05, 3.63) is 59.3 Å². The summed E-state index contributed by atoms with van der Waals surface area (Å²) in [7, 11) is 3.10. The predicted octanol–water partition coefficient (Wildman–Crippen LogP) is 2.31. The number of benzene rings is 2. The smallest absolute Gasteiger partial charge is 0.341 e. The van der Waals surface area contributed by atoms with Gasteiger partial charge in [0.2, 0.25) is 0 Å². The molecular weight excluding hydrogens is 366 g/mol. The molecule has 0 radical (unpaired) electrons. The van der Waals surface area contributed by atoms with E-state index in [2.05, 4.69) is 17.9 Å². The Kier molecular flexibility index (Phi) is 6.31. The lowest BCUT2D eigenvalue weighted by Crippen LogP contribution is -2.83. The molecule has 3 aromatic rings. The number of hydrogen-bond donors (Lipinski definition) is 1. The molecule has 0 fully saturated rings. The summed E-state index contributed by atoms with van der Waals surface area (Å²) in [5, 5.41) is 12.1. The third-order valence-corrected chi connectivity index (χ3v) is 4.55. The van der Waals surface area contributed by atoms with Gasteiger partial charge in [0.05, 0.1) is 18.2 Å². The molecule has 0 bridgehead atoms. The van der Waals surface area contributed by atoms with Crippen LogP contribution < -0.4 is 10.1 Å². The number of rotatable bonds is 5. The number of amides is 1. The minimum absolute atomic E-state index is 0.0604. The highest BCUT2D eigenvalue weighted by molar-refractivity contribution is 5.90. The van der Waals surface area contributed by atoms with Crippen LogP contribution in [0.15, 0.2) is 42.5 Å². The monoisotopic (exact) mass is 388 g/mol. The van der Waals surface area contributed by atoms with E-state index in [1.807, 2.05) is 54.0 Å². The molecule has 1 heterocycles. The molecule has 0 saturated carbocycles. The Morgan fingerprint density at radius 3 is 2.52 bits per heavy atom. The second kappa shape index (κ2) is 9.07. The van der Waals surface area contributed by atoms with Crippen LogP contribution in [0.2, 0.25) is 0 Å². The van der Waals surface area contributed by atoms with Crippen LogP contribution in [0.25, 0.3) is 10.9 Å². The molecule has 0 saturated heterocycles. The van der Waals surface area contributed by atoms with Crippen molar-refractivity contribution in [3.8, 4) is 23.7 Å². The Bertz CT molecular complexity index is 1140. The number of nitrogens with two attached hydrogens (primary N) is 1. The van der Waals surface area contributed by atoms with Gasteiger partial charge in [0, 0.05) is 36.7 Å². The molecule has 0 aliphatic carbocycles. The average molecular weight is 388 g/mol. The van der Waals surface area contributed by atoms with Crippen molar-refractivity contribution in [3.63, 3.8) is 0 Å².